The quantitative estimate of drug-likeness (QED) is 0.398. The third-order valence-electron chi connectivity index (χ3n) is 4.51. The van der Waals surface area contributed by atoms with Crippen molar-refractivity contribution in [3.63, 3.8) is 0 Å². The second kappa shape index (κ2) is 8.73. The number of hydrogen-bond donors (Lipinski definition) is 1. The third kappa shape index (κ3) is 4.25. The summed E-state index contributed by atoms with van der Waals surface area (Å²) in [6.45, 7) is 1.92. The van der Waals surface area contributed by atoms with E-state index in [2.05, 4.69) is 20.4 Å². The van der Waals surface area contributed by atoms with Crippen LogP contribution in [0, 0.1) is 6.92 Å². The molecule has 0 saturated carbocycles. The summed E-state index contributed by atoms with van der Waals surface area (Å²) in [5.41, 5.74) is 2.46. The van der Waals surface area contributed by atoms with Crippen LogP contribution in [0.15, 0.2) is 65.3 Å². The molecule has 0 spiro atoms. The third-order valence-corrected chi connectivity index (χ3v) is 5.18. The van der Waals surface area contributed by atoms with Gasteiger partial charge in [0.05, 0.1) is 5.56 Å². The monoisotopic (exact) mass is 440 g/mol. The fourth-order valence-electron chi connectivity index (χ4n) is 2.96. The van der Waals surface area contributed by atoms with Crippen LogP contribution in [0.5, 0.6) is 5.75 Å². The lowest BCUT2D eigenvalue weighted by Crippen LogP contribution is -2.10. The molecule has 0 bridgehead atoms. The number of ether oxygens (including phenoxy) is 1. The highest BCUT2D eigenvalue weighted by Crippen LogP contribution is 2.32. The normalized spacial score (nSPS) is 11.9. The minimum atomic E-state index is -0.626. The van der Waals surface area contributed by atoms with Crippen molar-refractivity contribution in [1.29, 1.82) is 0 Å². The van der Waals surface area contributed by atoms with Gasteiger partial charge in [-0.2, -0.15) is 4.98 Å². The summed E-state index contributed by atoms with van der Waals surface area (Å²) < 4.78 is 11.8. The Kier molecular flexibility index (Phi) is 5.88. The van der Waals surface area contributed by atoms with Gasteiger partial charge in [-0.15, -0.1) is 0 Å². The molecule has 0 saturated heterocycles. The number of nitrogens with zero attached hydrogens (tertiary/aromatic N) is 3. The molecule has 1 N–H and O–H groups in total. The summed E-state index contributed by atoms with van der Waals surface area (Å²) >= 11 is 12.2. The van der Waals surface area contributed by atoms with Gasteiger partial charge >= 0.3 is 0 Å². The van der Waals surface area contributed by atoms with Crippen LogP contribution in [0.3, 0.4) is 0 Å². The van der Waals surface area contributed by atoms with E-state index in [-0.39, 0.29) is 0 Å². The van der Waals surface area contributed by atoms with Crippen molar-refractivity contribution in [2.45, 2.75) is 13.0 Å². The summed E-state index contributed by atoms with van der Waals surface area (Å²) in [4.78, 5) is 8.87. The lowest BCUT2D eigenvalue weighted by molar-refractivity contribution is 0.193. The number of anilines is 1. The van der Waals surface area contributed by atoms with Crippen molar-refractivity contribution in [1.82, 2.24) is 15.1 Å². The Morgan fingerprint density at radius 2 is 1.87 bits per heavy atom. The molecule has 2 heterocycles. The van der Waals surface area contributed by atoms with Crippen LogP contribution in [0.25, 0.3) is 11.4 Å². The second-order valence-corrected chi connectivity index (χ2v) is 7.41. The average Bonchev–Trinajstić information content (AvgIpc) is 3.25. The SMILES string of the molecule is CNc1ncccc1-c1noc(C(Oc2ccc(Cl)c(C)c2)c2ccc(Cl)cc2)n1. The van der Waals surface area contributed by atoms with E-state index in [1.165, 1.54) is 0 Å². The lowest BCUT2D eigenvalue weighted by atomic mass is 10.1. The molecule has 0 radical (unpaired) electrons. The molecular weight excluding hydrogens is 423 g/mol. The van der Waals surface area contributed by atoms with E-state index >= 15 is 0 Å². The smallest absolute Gasteiger partial charge is 0.272 e. The zero-order chi connectivity index (χ0) is 21.1. The number of benzene rings is 2. The molecule has 1 atom stereocenters. The van der Waals surface area contributed by atoms with Gasteiger partial charge in [0.1, 0.15) is 11.6 Å². The molecular formula is C22H18Cl2N4O2. The summed E-state index contributed by atoms with van der Waals surface area (Å²) in [7, 11) is 1.79. The first-order chi connectivity index (χ1) is 14.5. The van der Waals surface area contributed by atoms with Crippen LogP contribution in [-0.4, -0.2) is 22.2 Å². The Hall–Kier alpha value is -3.09. The zero-order valence-electron chi connectivity index (χ0n) is 16.3. The van der Waals surface area contributed by atoms with Crippen molar-refractivity contribution < 1.29 is 9.26 Å². The molecule has 2 aromatic heterocycles. The number of pyridine rings is 1. The van der Waals surface area contributed by atoms with Crippen molar-refractivity contribution >= 4 is 29.0 Å². The largest absolute Gasteiger partial charge is 0.476 e. The Morgan fingerprint density at radius 3 is 2.60 bits per heavy atom. The van der Waals surface area contributed by atoms with Crippen molar-refractivity contribution in [3.05, 3.63) is 87.9 Å². The summed E-state index contributed by atoms with van der Waals surface area (Å²) in [6, 6.07) is 16.4. The fourth-order valence-corrected chi connectivity index (χ4v) is 3.20. The van der Waals surface area contributed by atoms with E-state index in [9.17, 15) is 0 Å². The molecule has 30 heavy (non-hydrogen) atoms. The van der Waals surface area contributed by atoms with E-state index < -0.39 is 6.10 Å². The van der Waals surface area contributed by atoms with Gasteiger partial charge in [0.25, 0.3) is 5.89 Å². The molecule has 4 rings (SSSR count). The number of aryl methyl sites for hydroxylation is 1. The molecule has 0 aliphatic rings. The zero-order valence-corrected chi connectivity index (χ0v) is 17.8. The van der Waals surface area contributed by atoms with Crippen LogP contribution in [0.2, 0.25) is 10.0 Å². The number of halogens is 2. The molecule has 2 aromatic carbocycles. The fraction of sp³-hybridized carbons (Fsp3) is 0.136. The number of rotatable bonds is 6. The van der Waals surface area contributed by atoms with Crippen LogP contribution in [-0.2, 0) is 0 Å². The van der Waals surface area contributed by atoms with Crippen molar-refractivity contribution in [2.75, 3.05) is 12.4 Å². The molecule has 8 heteroatoms. The van der Waals surface area contributed by atoms with Gasteiger partial charge in [-0.25, -0.2) is 4.98 Å². The number of hydrogen-bond acceptors (Lipinski definition) is 6. The van der Waals surface area contributed by atoms with E-state index in [0.29, 0.717) is 33.3 Å². The minimum Gasteiger partial charge on any atom is -0.476 e. The van der Waals surface area contributed by atoms with E-state index in [1.54, 1.807) is 37.5 Å². The van der Waals surface area contributed by atoms with E-state index in [1.807, 2.05) is 37.3 Å². The minimum absolute atomic E-state index is 0.311. The van der Waals surface area contributed by atoms with Gasteiger partial charge in [-0.05, 0) is 55.0 Å². The maximum absolute atomic E-state index is 6.24. The van der Waals surface area contributed by atoms with Gasteiger partial charge in [-0.1, -0.05) is 40.5 Å². The molecule has 0 aliphatic heterocycles. The Labute approximate surface area is 183 Å². The first-order valence-corrected chi connectivity index (χ1v) is 9.96. The van der Waals surface area contributed by atoms with Crippen molar-refractivity contribution in [2.24, 2.45) is 0 Å². The molecule has 6 nitrogen and oxygen atoms in total. The lowest BCUT2D eigenvalue weighted by Gasteiger charge is -2.17. The predicted molar refractivity (Wildman–Crippen MR) is 117 cm³/mol. The molecule has 1 unspecified atom stereocenters. The van der Waals surface area contributed by atoms with Crippen LogP contribution < -0.4 is 10.1 Å². The van der Waals surface area contributed by atoms with Crippen LogP contribution >= 0.6 is 23.2 Å². The summed E-state index contributed by atoms with van der Waals surface area (Å²) in [6.07, 6.45) is 1.07. The Bertz CT molecular complexity index is 1160. The second-order valence-electron chi connectivity index (χ2n) is 6.57. The first-order valence-electron chi connectivity index (χ1n) is 9.20. The van der Waals surface area contributed by atoms with Gasteiger partial charge < -0.3 is 14.6 Å². The maximum atomic E-state index is 6.24. The molecule has 0 aliphatic carbocycles. The van der Waals surface area contributed by atoms with Crippen LogP contribution in [0.1, 0.15) is 23.1 Å². The Morgan fingerprint density at radius 1 is 1.07 bits per heavy atom. The average molecular weight is 441 g/mol. The first kappa shape index (κ1) is 20.2. The van der Waals surface area contributed by atoms with Gasteiger partial charge in [0.2, 0.25) is 11.9 Å². The summed E-state index contributed by atoms with van der Waals surface area (Å²) in [5.74, 6) is 2.01. The standard InChI is InChI=1S/C22H18Cl2N4O2/c1-13-12-16(9-10-18(13)24)29-19(14-5-7-15(23)8-6-14)22-27-21(28-30-22)17-4-3-11-26-20(17)25-2/h3-12,19H,1-2H3,(H,25,26). The highest BCUT2D eigenvalue weighted by Gasteiger charge is 2.25. The topological polar surface area (TPSA) is 73.1 Å². The van der Waals surface area contributed by atoms with Gasteiger partial charge in [0.15, 0.2) is 0 Å². The van der Waals surface area contributed by atoms with E-state index in [0.717, 1.165) is 16.7 Å². The highest BCUT2D eigenvalue weighted by atomic mass is 35.5. The van der Waals surface area contributed by atoms with Crippen LogP contribution in [0.4, 0.5) is 5.82 Å². The molecule has 4 aromatic rings. The molecule has 0 amide bonds. The summed E-state index contributed by atoms with van der Waals surface area (Å²) in [5, 5.41) is 8.46. The van der Waals surface area contributed by atoms with Gasteiger partial charge in [-0.3, -0.25) is 0 Å². The van der Waals surface area contributed by atoms with E-state index in [4.69, 9.17) is 32.5 Å². The predicted octanol–water partition coefficient (Wildman–Crippen LogP) is 5.96. The highest BCUT2D eigenvalue weighted by molar-refractivity contribution is 6.31. The maximum Gasteiger partial charge on any atom is 0.272 e. The number of aromatic nitrogens is 3. The number of nitrogens with one attached hydrogen (secondary N) is 1. The molecule has 152 valence electrons. The van der Waals surface area contributed by atoms with Crippen molar-refractivity contribution in [3.8, 4) is 17.1 Å². The molecule has 0 fully saturated rings. The van der Waals surface area contributed by atoms with Gasteiger partial charge in [0, 0.05) is 28.9 Å². The Balaban J connectivity index is 1.73.